The first-order valence-corrected chi connectivity index (χ1v) is 11.8. The predicted molar refractivity (Wildman–Crippen MR) is 139 cm³/mol. The molecule has 1 saturated heterocycles. The number of hydrogen-bond donors (Lipinski definition) is 3. The number of nitrogens with zero attached hydrogens (tertiary/aromatic N) is 2. The van der Waals surface area contributed by atoms with Crippen LogP contribution in [0.15, 0.2) is 82.4 Å². The van der Waals surface area contributed by atoms with Crippen LogP contribution in [0.3, 0.4) is 0 Å². The van der Waals surface area contributed by atoms with Crippen LogP contribution in [-0.4, -0.2) is 45.9 Å². The number of aromatic nitrogens is 2. The molecule has 182 valence electrons. The van der Waals surface area contributed by atoms with E-state index in [4.69, 9.17) is 0 Å². The van der Waals surface area contributed by atoms with Gasteiger partial charge in [0, 0.05) is 11.4 Å². The van der Waals surface area contributed by atoms with Gasteiger partial charge in [-0.2, -0.15) is 0 Å². The number of hydrogen-bond acceptors (Lipinski definition) is 5. The second-order valence-electron chi connectivity index (χ2n) is 8.70. The van der Waals surface area contributed by atoms with E-state index in [9.17, 15) is 19.2 Å². The van der Waals surface area contributed by atoms with Gasteiger partial charge in [0.15, 0.2) is 0 Å². The lowest BCUT2D eigenvalue weighted by Crippen LogP contribution is -2.35. The molecule has 0 saturated carbocycles. The van der Waals surface area contributed by atoms with Crippen molar-refractivity contribution in [2.45, 2.75) is 12.8 Å². The van der Waals surface area contributed by atoms with Crippen LogP contribution in [0.1, 0.15) is 23.2 Å². The molecule has 36 heavy (non-hydrogen) atoms. The molecular weight excluding hydrogens is 458 g/mol. The minimum atomic E-state index is -0.637. The number of fused-ring (bicyclic) bond motifs is 1. The Morgan fingerprint density at radius 3 is 2.33 bits per heavy atom. The van der Waals surface area contributed by atoms with Crippen molar-refractivity contribution in [2.75, 3.05) is 30.3 Å². The second kappa shape index (κ2) is 10.0. The highest BCUT2D eigenvalue weighted by molar-refractivity contribution is 6.07. The molecule has 9 heteroatoms. The number of nitrogens with one attached hydrogen (secondary N) is 3. The summed E-state index contributed by atoms with van der Waals surface area (Å²) >= 11 is 0. The Bertz CT molecular complexity index is 1570. The third kappa shape index (κ3) is 4.82. The summed E-state index contributed by atoms with van der Waals surface area (Å²) in [5.41, 5.74) is 0.625. The van der Waals surface area contributed by atoms with E-state index in [1.807, 2.05) is 0 Å². The normalized spacial score (nSPS) is 13.6. The standard InChI is InChI=1S/C27H25N5O4/c33-24(17-31-14-5-6-15-31)28-18-8-7-9-19(16-18)29-25(34)21-11-2-4-13-23(21)32-26(35)20-10-1-3-12-22(20)30-27(32)36/h1-4,7-13,16H,5-6,14-15,17H2,(H,28,33)(H,29,34)(H,30,36). The minimum Gasteiger partial charge on any atom is -0.325 e. The van der Waals surface area contributed by atoms with Crippen LogP contribution in [0.5, 0.6) is 0 Å². The van der Waals surface area contributed by atoms with Crippen molar-refractivity contribution in [3.63, 3.8) is 0 Å². The first kappa shape index (κ1) is 23.3. The number of rotatable bonds is 6. The van der Waals surface area contributed by atoms with Crippen LogP contribution in [0.2, 0.25) is 0 Å². The van der Waals surface area contributed by atoms with E-state index in [2.05, 4.69) is 20.5 Å². The number of aromatic amines is 1. The Labute approximate surface area is 206 Å². The first-order chi connectivity index (χ1) is 17.5. The fraction of sp³-hybridized carbons (Fsp3) is 0.185. The minimum absolute atomic E-state index is 0.111. The van der Waals surface area contributed by atoms with Gasteiger partial charge in [0.05, 0.1) is 28.7 Å². The van der Waals surface area contributed by atoms with E-state index in [1.54, 1.807) is 72.8 Å². The highest BCUT2D eigenvalue weighted by Crippen LogP contribution is 2.19. The van der Waals surface area contributed by atoms with Gasteiger partial charge in [-0.25, -0.2) is 9.36 Å². The Hall–Kier alpha value is -4.50. The predicted octanol–water partition coefficient (Wildman–Crippen LogP) is 2.97. The third-order valence-electron chi connectivity index (χ3n) is 6.16. The molecule has 0 radical (unpaired) electrons. The monoisotopic (exact) mass is 483 g/mol. The summed E-state index contributed by atoms with van der Waals surface area (Å²) < 4.78 is 0.965. The maximum atomic E-state index is 13.2. The van der Waals surface area contributed by atoms with E-state index in [-0.39, 0.29) is 17.2 Å². The molecule has 2 amide bonds. The molecule has 0 bridgehead atoms. The van der Waals surface area contributed by atoms with E-state index < -0.39 is 17.2 Å². The summed E-state index contributed by atoms with van der Waals surface area (Å²) in [5.74, 6) is -0.605. The third-order valence-corrected chi connectivity index (χ3v) is 6.16. The molecule has 5 rings (SSSR count). The molecule has 0 spiro atoms. The number of H-pyrrole nitrogens is 1. The molecule has 0 unspecified atom stereocenters. The van der Waals surface area contributed by atoms with Gasteiger partial charge < -0.3 is 15.6 Å². The summed E-state index contributed by atoms with van der Waals surface area (Å²) in [4.78, 5) is 56.3. The lowest BCUT2D eigenvalue weighted by molar-refractivity contribution is -0.117. The average molecular weight is 484 g/mol. The van der Waals surface area contributed by atoms with Gasteiger partial charge in [0.1, 0.15) is 0 Å². The van der Waals surface area contributed by atoms with E-state index in [0.29, 0.717) is 28.8 Å². The zero-order valence-electron chi connectivity index (χ0n) is 19.5. The van der Waals surface area contributed by atoms with Crippen LogP contribution in [0.25, 0.3) is 16.6 Å². The second-order valence-corrected chi connectivity index (χ2v) is 8.70. The van der Waals surface area contributed by atoms with Gasteiger partial charge >= 0.3 is 5.69 Å². The molecule has 9 nitrogen and oxygen atoms in total. The maximum Gasteiger partial charge on any atom is 0.333 e. The quantitative estimate of drug-likeness (QED) is 0.390. The number of para-hydroxylation sites is 2. The number of amides is 2. The van der Waals surface area contributed by atoms with Gasteiger partial charge in [-0.15, -0.1) is 0 Å². The number of carbonyl (C=O) groups is 2. The van der Waals surface area contributed by atoms with Crippen molar-refractivity contribution in [3.05, 3.63) is 99.2 Å². The fourth-order valence-electron chi connectivity index (χ4n) is 4.46. The fourth-order valence-corrected chi connectivity index (χ4v) is 4.46. The largest absolute Gasteiger partial charge is 0.333 e. The van der Waals surface area contributed by atoms with E-state index >= 15 is 0 Å². The maximum absolute atomic E-state index is 13.2. The van der Waals surface area contributed by atoms with Crippen molar-refractivity contribution < 1.29 is 9.59 Å². The van der Waals surface area contributed by atoms with Gasteiger partial charge in [0.25, 0.3) is 11.5 Å². The molecule has 0 atom stereocenters. The summed E-state index contributed by atoms with van der Waals surface area (Å²) in [6.07, 6.45) is 2.21. The zero-order chi connectivity index (χ0) is 25.1. The topological polar surface area (TPSA) is 116 Å². The zero-order valence-corrected chi connectivity index (χ0v) is 19.5. The number of benzene rings is 3. The summed E-state index contributed by atoms with van der Waals surface area (Å²) in [5, 5.41) is 6.01. The van der Waals surface area contributed by atoms with Crippen molar-refractivity contribution in [3.8, 4) is 5.69 Å². The lowest BCUT2D eigenvalue weighted by Gasteiger charge is -2.15. The Balaban J connectivity index is 1.40. The highest BCUT2D eigenvalue weighted by atomic mass is 16.2. The molecule has 3 aromatic carbocycles. The van der Waals surface area contributed by atoms with Crippen LogP contribution in [0, 0.1) is 0 Å². The molecule has 3 N–H and O–H groups in total. The first-order valence-electron chi connectivity index (χ1n) is 11.8. The van der Waals surface area contributed by atoms with Crippen molar-refractivity contribution in [1.82, 2.24) is 14.5 Å². The molecule has 2 heterocycles. The van der Waals surface area contributed by atoms with Gasteiger partial charge in [0.2, 0.25) is 5.91 Å². The van der Waals surface area contributed by atoms with Crippen molar-refractivity contribution in [2.24, 2.45) is 0 Å². The van der Waals surface area contributed by atoms with Crippen LogP contribution >= 0.6 is 0 Å². The smallest absolute Gasteiger partial charge is 0.325 e. The van der Waals surface area contributed by atoms with Gasteiger partial charge in [-0.1, -0.05) is 30.3 Å². The Kier molecular flexibility index (Phi) is 6.46. The number of likely N-dealkylation sites (tertiary alicyclic amines) is 1. The summed E-state index contributed by atoms with van der Waals surface area (Å²) in [7, 11) is 0. The molecular formula is C27H25N5O4. The number of carbonyl (C=O) groups excluding carboxylic acids is 2. The molecule has 1 aromatic heterocycles. The lowest BCUT2D eigenvalue weighted by atomic mass is 10.1. The van der Waals surface area contributed by atoms with E-state index in [1.165, 1.54) is 0 Å². The van der Waals surface area contributed by atoms with Gasteiger partial charge in [-0.05, 0) is 68.4 Å². The molecule has 1 aliphatic heterocycles. The molecule has 4 aromatic rings. The van der Waals surface area contributed by atoms with Crippen LogP contribution in [0.4, 0.5) is 11.4 Å². The van der Waals surface area contributed by atoms with Crippen LogP contribution < -0.4 is 21.9 Å². The Morgan fingerprint density at radius 2 is 1.53 bits per heavy atom. The van der Waals surface area contributed by atoms with Crippen LogP contribution in [-0.2, 0) is 4.79 Å². The Morgan fingerprint density at radius 1 is 0.833 bits per heavy atom. The molecule has 1 aliphatic rings. The van der Waals surface area contributed by atoms with Crippen molar-refractivity contribution in [1.29, 1.82) is 0 Å². The summed E-state index contributed by atoms with van der Waals surface area (Å²) in [6, 6.07) is 20.0. The molecule has 1 fully saturated rings. The SMILES string of the molecule is O=C(CN1CCCC1)Nc1cccc(NC(=O)c2ccccc2-n2c(=O)[nH]c3ccccc3c2=O)c1. The van der Waals surface area contributed by atoms with E-state index in [0.717, 1.165) is 30.5 Å². The molecule has 0 aliphatic carbocycles. The average Bonchev–Trinajstić information content (AvgIpc) is 3.37. The van der Waals surface area contributed by atoms with Crippen molar-refractivity contribution >= 4 is 34.1 Å². The number of anilines is 2. The summed E-state index contributed by atoms with van der Waals surface area (Å²) in [6.45, 7) is 2.18. The highest BCUT2D eigenvalue weighted by Gasteiger charge is 2.18. The van der Waals surface area contributed by atoms with Gasteiger partial charge in [-0.3, -0.25) is 19.3 Å².